The van der Waals surface area contributed by atoms with Crippen LogP contribution in [0.1, 0.15) is 22.3 Å². The van der Waals surface area contributed by atoms with Gasteiger partial charge in [-0.05, 0) is 115 Å². The summed E-state index contributed by atoms with van der Waals surface area (Å²) in [5, 5.41) is 2.31. The Morgan fingerprint density at radius 2 is 0.730 bits per heavy atom. The summed E-state index contributed by atoms with van der Waals surface area (Å²) in [4.78, 5) is 2.36. The predicted molar refractivity (Wildman–Crippen MR) is 261 cm³/mol. The molecule has 1 atom stereocenters. The lowest BCUT2D eigenvalue weighted by molar-refractivity contribution is 0.669. The molecule has 1 spiro atoms. The fraction of sp³-hybridized carbons (Fsp3) is 0.0164. The number of rotatable bonds is 6. The lowest BCUT2D eigenvalue weighted by Crippen LogP contribution is -2.25. The molecule has 0 saturated carbocycles. The average Bonchev–Trinajstić information content (AvgIpc) is 4.00. The molecular weight excluding hydrogens is 763 g/mol. The van der Waals surface area contributed by atoms with E-state index in [-0.39, 0.29) is 0 Å². The van der Waals surface area contributed by atoms with Crippen LogP contribution in [-0.4, -0.2) is 0 Å². The van der Waals surface area contributed by atoms with E-state index in [1.807, 2.05) is 0 Å². The van der Waals surface area contributed by atoms with Gasteiger partial charge in [0.05, 0.1) is 5.41 Å². The molecule has 2 nitrogen and oxygen atoms in total. The standard InChI is InChI=1S/C61H39NO/c1-3-14-40(15-4-1)42-26-32-45(33-27-42)62(46-34-28-43(29-35-46)41-16-5-2-6-17-41)47-36-30-44(31-37-47)48-21-13-24-55-58(48)51-19-7-10-22-53(51)61(55)54-23-11-8-20-52(54)59-56(61)39-38-50-49-18-9-12-25-57(49)63-60(50)59/h1-39H. The summed E-state index contributed by atoms with van der Waals surface area (Å²) in [6, 6.07) is 86.2. The second-order valence-electron chi connectivity index (χ2n) is 16.7. The topological polar surface area (TPSA) is 16.4 Å². The highest BCUT2D eigenvalue weighted by atomic mass is 16.3. The quantitative estimate of drug-likeness (QED) is 0.167. The fourth-order valence-corrected chi connectivity index (χ4v) is 10.8. The molecule has 0 amide bonds. The number of fused-ring (bicyclic) bond motifs is 14. The van der Waals surface area contributed by atoms with Crippen molar-refractivity contribution in [2.45, 2.75) is 5.41 Å². The minimum Gasteiger partial charge on any atom is -0.455 e. The molecule has 294 valence electrons. The molecule has 0 aliphatic heterocycles. The minimum absolute atomic E-state index is 0.490. The monoisotopic (exact) mass is 801 g/mol. The van der Waals surface area contributed by atoms with E-state index in [0.29, 0.717) is 0 Å². The van der Waals surface area contributed by atoms with Gasteiger partial charge in [-0.2, -0.15) is 0 Å². The molecule has 11 aromatic rings. The van der Waals surface area contributed by atoms with Crippen LogP contribution in [0.15, 0.2) is 241 Å². The van der Waals surface area contributed by atoms with Crippen LogP contribution in [0.4, 0.5) is 17.1 Å². The third-order valence-corrected chi connectivity index (χ3v) is 13.5. The number of furan rings is 1. The van der Waals surface area contributed by atoms with E-state index in [1.54, 1.807) is 0 Å². The number of para-hydroxylation sites is 1. The van der Waals surface area contributed by atoms with E-state index in [2.05, 4.69) is 241 Å². The summed E-state index contributed by atoms with van der Waals surface area (Å²) in [7, 11) is 0. The smallest absolute Gasteiger partial charge is 0.143 e. The van der Waals surface area contributed by atoms with E-state index in [1.165, 1.54) is 77.9 Å². The molecule has 1 aromatic heterocycles. The van der Waals surface area contributed by atoms with Gasteiger partial charge in [-0.3, -0.25) is 0 Å². The van der Waals surface area contributed by atoms with Crippen LogP contribution in [0.2, 0.25) is 0 Å². The van der Waals surface area contributed by atoms with Gasteiger partial charge in [-0.1, -0.05) is 194 Å². The van der Waals surface area contributed by atoms with Gasteiger partial charge in [0.15, 0.2) is 0 Å². The normalized spacial score (nSPS) is 14.4. The van der Waals surface area contributed by atoms with Crippen molar-refractivity contribution >= 4 is 39.0 Å². The molecule has 0 N–H and O–H groups in total. The molecular formula is C61H39NO. The van der Waals surface area contributed by atoms with E-state index in [0.717, 1.165) is 39.0 Å². The van der Waals surface area contributed by atoms with Gasteiger partial charge < -0.3 is 9.32 Å². The van der Waals surface area contributed by atoms with Crippen LogP contribution in [0.5, 0.6) is 0 Å². The largest absolute Gasteiger partial charge is 0.455 e. The lowest BCUT2D eigenvalue weighted by atomic mass is 9.70. The first-order chi connectivity index (χ1) is 31.3. The molecule has 2 aliphatic rings. The maximum atomic E-state index is 6.77. The predicted octanol–water partition coefficient (Wildman–Crippen LogP) is 16.4. The van der Waals surface area contributed by atoms with E-state index < -0.39 is 5.41 Å². The fourth-order valence-electron chi connectivity index (χ4n) is 10.8. The van der Waals surface area contributed by atoms with Crippen molar-refractivity contribution in [3.63, 3.8) is 0 Å². The second-order valence-corrected chi connectivity index (χ2v) is 16.7. The van der Waals surface area contributed by atoms with Gasteiger partial charge in [-0.15, -0.1) is 0 Å². The minimum atomic E-state index is -0.490. The Bertz CT molecular complexity index is 3450. The summed E-state index contributed by atoms with van der Waals surface area (Å²) in [6.07, 6.45) is 0. The van der Waals surface area contributed by atoms with Crippen molar-refractivity contribution in [3.05, 3.63) is 259 Å². The summed E-state index contributed by atoms with van der Waals surface area (Å²) < 4.78 is 6.77. The van der Waals surface area contributed by atoms with Crippen LogP contribution in [0.25, 0.3) is 77.6 Å². The Hall–Kier alpha value is -8.20. The molecule has 1 heterocycles. The highest BCUT2D eigenvalue weighted by Gasteiger charge is 2.53. The summed E-state index contributed by atoms with van der Waals surface area (Å²) in [5.74, 6) is 0. The van der Waals surface area contributed by atoms with Crippen LogP contribution in [0.3, 0.4) is 0 Å². The zero-order valence-electron chi connectivity index (χ0n) is 34.4. The average molecular weight is 802 g/mol. The van der Waals surface area contributed by atoms with Crippen molar-refractivity contribution in [1.29, 1.82) is 0 Å². The third kappa shape index (κ3) is 5.25. The zero-order valence-corrected chi connectivity index (χ0v) is 34.4. The van der Waals surface area contributed by atoms with Crippen LogP contribution in [-0.2, 0) is 5.41 Å². The van der Waals surface area contributed by atoms with Crippen molar-refractivity contribution in [2.75, 3.05) is 4.90 Å². The van der Waals surface area contributed by atoms with Gasteiger partial charge in [-0.25, -0.2) is 0 Å². The van der Waals surface area contributed by atoms with E-state index in [9.17, 15) is 0 Å². The van der Waals surface area contributed by atoms with Crippen LogP contribution in [0, 0.1) is 0 Å². The summed E-state index contributed by atoms with van der Waals surface area (Å²) in [6.45, 7) is 0. The number of hydrogen-bond donors (Lipinski definition) is 0. The number of benzene rings is 10. The molecule has 2 heteroatoms. The van der Waals surface area contributed by atoms with Gasteiger partial charge >= 0.3 is 0 Å². The SMILES string of the molecule is c1ccc(-c2ccc(N(c3ccc(-c4ccccc4)cc3)c3ccc(-c4cccc5c4-c4ccccc4C54c5ccccc5-c5c4ccc4c5oc5ccccc54)cc3)cc2)cc1. The first kappa shape index (κ1) is 35.5. The summed E-state index contributed by atoms with van der Waals surface area (Å²) in [5.41, 5.74) is 22.1. The van der Waals surface area contributed by atoms with Gasteiger partial charge in [0.1, 0.15) is 11.2 Å². The van der Waals surface area contributed by atoms with Crippen LogP contribution < -0.4 is 4.90 Å². The number of anilines is 3. The molecule has 0 bridgehead atoms. The molecule has 0 fully saturated rings. The van der Waals surface area contributed by atoms with Crippen LogP contribution >= 0.6 is 0 Å². The third-order valence-electron chi connectivity index (χ3n) is 13.5. The highest BCUT2D eigenvalue weighted by Crippen LogP contribution is 2.65. The first-order valence-electron chi connectivity index (χ1n) is 21.8. The molecule has 1 unspecified atom stereocenters. The maximum absolute atomic E-state index is 6.77. The zero-order chi connectivity index (χ0) is 41.5. The Morgan fingerprint density at radius 1 is 0.286 bits per heavy atom. The number of nitrogens with zero attached hydrogens (tertiary/aromatic N) is 1. The molecule has 0 saturated heterocycles. The lowest BCUT2D eigenvalue weighted by Gasteiger charge is -2.30. The Balaban J connectivity index is 0.954. The van der Waals surface area contributed by atoms with Crippen molar-refractivity contribution < 1.29 is 4.42 Å². The molecule has 2 aliphatic carbocycles. The number of hydrogen-bond acceptors (Lipinski definition) is 2. The molecule has 10 aromatic carbocycles. The van der Waals surface area contributed by atoms with E-state index >= 15 is 0 Å². The molecule has 13 rings (SSSR count). The maximum Gasteiger partial charge on any atom is 0.143 e. The van der Waals surface area contributed by atoms with Crippen molar-refractivity contribution in [2.24, 2.45) is 0 Å². The summed E-state index contributed by atoms with van der Waals surface area (Å²) >= 11 is 0. The Morgan fingerprint density at radius 3 is 1.33 bits per heavy atom. The van der Waals surface area contributed by atoms with Gasteiger partial charge in [0.2, 0.25) is 0 Å². The molecule has 63 heavy (non-hydrogen) atoms. The first-order valence-corrected chi connectivity index (χ1v) is 21.8. The Kier molecular flexibility index (Phi) is 7.85. The van der Waals surface area contributed by atoms with Gasteiger partial charge in [0.25, 0.3) is 0 Å². The second kappa shape index (κ2) is 13.9. The van der Waals surface area contributed by atoms with Crippen molar-refractivity contribution in [1.82, 2.24) is 0 Å². The Labute approximate surface area is 366 Å². The van der Waals surface area contributed by atoms with E-state index in [4.69, 9.17) is 4.42 Å². The highest BCUT2D eigenvalue weighted by molar-refractivity contribution is 6.13. The molecule has 0 radical (unpaired) electrons. The van der Waals surface area contributed by atoms with Gasteiger partial charge in [0, 0.05) is 33.4 Å². The van der Waals surface area contributed by atoms with Crippen molar-refractivity contribution in [3.8, 4) is 55.6 Å².